The fourth-order valence-corrected chi connectivity index (χ4v) is 0.457. The van der Waals surface area contributed by atoms with Gasteiger partial charge in [0.05, 0.1) is 0 Å². The lowest BCUT2D eigenvalue weighted by Gasteiger charge is -2.16. The van der Waals surface area contributed by atoms with E-state index in [0.29, 0.717) is 0 Å². The van der Waals surface area contributed by atoms with Crippen molar-refractivity contribution in [2.45, 2.75) is 25.3 Å². The lowest BCUT2D eigenvalue weighted by Crippen LogP contribution is -2.36. The monoisotopic (exact) mass is 258 g/mol. The van der Waals surface area contributed by atoms with Gasteiger partial charge in [0.2, 0.25) is 0 Å². The fraction of sp³-hybridized carbons (Fsp3) is 0.833. The molecule has 1 atom stereocenters. The largest absolute Gasteiger partial charge is 0.399 e. The summed E-state index contributed by atoms with van der Waals surface area (Å²) in [5.41, 5.74) is 0. The van der Waals surface area contributed by atoms with Gasteiger partial charge in [0, 0.05) is 0 Å². The van der Waals surface area contributed by atoms with Gasteiger partial charge in [0.1, 0.15) is 6.61 Å². The molecule has 0 heterocycles. The molecule has 0 aliphatic carbocycles. The van der Waals surface area contributed by atoms with Crippen molar-refractivity contribution in [2.75, 3.05) is 6.61 Å². The molecule has 0 rings (SSSR count). The summed E-state index contributed by atoms with van der Waals surface area (Å²) in [5.74, 6) is -6.96. The van der Waals surface area contributed by atoms with Crippen LogP contribution in [0.4, 0.5) is 30.7 Å². The maximum atomic E-state index is 12.3. The van der Waals surface area contributed by atoms with Gasteiger partial charge in [0.15, 0.2) is 0 Å². The van der Waals surface area contributed by atoms with Crippen molar-refractivity contribution in [1.29, 1.82) is 0 Å². The first kappa shape index (κ1) is 14.9. The standard InChI is InChI=1S/C6H5F7O3/c7-2(3(14)16-5(10)11)15-1-6(12,13)4(8)9/h2,4-5H,1H2. The molecule has 0 spiro atoms. The van der Waals surface area contributed by atoms with Crippen molar-refractivity contribution in [1.82, 2.24) is 0 Å². The third kappa shape index (κ3) is 5.14. The van der Waals surface area contributed by atoms with Gasteiger partial charge in [-0.3, -0.25) is 0 Å². The molecular weight excluding hydrogens is 253 g/mol. The molecule has 0 fully saturated rings. The lowest BCUT2D eigenvalue weighted by atomic mass is 10.4. The third-order valence-electron chi connectivity index (χ3n) is 1.13. The second kappa shape index (κ2) is 5.87. The molecule has 10 heteroatoms. The fourth-order valence-electron chi connectivity index (χ4n) is 0.457. The van der Waals surface area contributed by atoms with Gasteiger partial charge in [-0.2, -0.15) is 17.6 Å². The van der Waals surface area contributed by atoms with E-state index in [1.165, 1.54) is 0 Å². The van der Waals surface area contributed by atoms with E-state index in [2.05, 4.69) is 9.47 Å². The van der Waals surface area contributed by atoms with E-state index in [1.54, 1.807) is 0 Å². The Balaban J connectivity index is 4.07. The molecule has 1 unspecified atom stereocenters. The molecule has 0 aliphatic rings. The summed E-state index contributed by atoms with van der Waals surface area (Å²) in [4.78, 5) is 10.2. The summed E-state index contributed by atoms with van der Waals surface area (Å²) >= 11 is 0. The molecule has 3 nitrogen and oxygen atoms in total. The molecule has 16 heavy (non-hydrogen) atoms. The van der Waals surface area contributed by atoms with Crippen LogP contribution in [0.15, 0.2) is 0 Å². The summed E-state index contributed by atoms with van der Waals surface area (Å²) in [6, 6.07) is 0. The van der Waals surface area contributed by atoms with Crippen LogP contribution in [0.5, 0.6) is 0 Å². The maximum Gasteiger partial charge on any atom is 0.389 e. The van der Waals surface area contributed by atoms with Crippen molar-refractivity contribution in [3.63, 3.8) is 0 Å². The lowest BCUT2D eigenvalue weighted by molar-refractivity contribution is -0.218. The molecule has 0 aromatic rings. The Morgan fingerprint density at radius 3 is 2.00 bits per heavy atom. The van der Waals surface area contributed by atoms with Crippen LogP contribution in [0, 0.1) is 0 Å². The molecular formula is C6H5F7O3. The molecule has 0 aromatic heterocycles. The molecule has 0 aromatic carbocycles. The molecule has 0 bridgehead atoms. The van der Waals surface area contributed by atoms with E-state index >= 15 is 0 Å². The van der Waals surface area contributed by atoms with Gasteiger partial charge in [-0.15, -0.1) is 0 Å². The first-order chi connectivity index (χ1) is 7.16. The molecule has 0 saturated carbocycles. The van der Waals surface area contributed by atoms with E-state index in [1.807, 2.05) is 0 Å². The van der Waals surface area contributed by atoms with E-state index in [9.17, 15) is 35.5 Å². The first-order valence-corrected chi connectivity index (χ1v) is 3.57. The molecule has 0 aliphatic heterocycles. The van der Waals surface area contributed by atoms with Crippen LogP contribution in [0.3, 0.4) is 0 Å². The Labute approximate surface area is 84.1 Å². The highest BCUT2D eigenvalue weighted by atomic mass is 19.3. The molecule has 0 radical (unpaired) electrons. The van der Waals surface area contributed by atoms with Crippen LogP contribution in [-0.4, -0.2) is 37.9 Å². The number of rotatable bonds is 6. The zero-order valence-electron chi connectivity index (χ0n) is 7.31. The number of ether oxygens (including phenoxy) is 2. The average molecular weight is 258 g/mol. The smallest absolute Gasteiger partial charge is 0.389 e. The van der Waals surface area contributed by atoms with Gasteiger partial charge in [0.25, 0.3) is 6.36 Å². The average Bonchev–Trinajstić information content (AvgIpc) is 2.12. The van der Waals surface area contributed by atoms with Gasteiger partial charge >= 0.3 is 24.9 Å². The van der Waals surface area contributed by atoms with Gasteiger partial charge < -0.3 is 9.47 Å². The van der Waals surface area contributed by atoms with Crippen molar-refractivity contribution in [3.8, 4) is 0 Å². The van der Waals surface area contributed by atoms with Crippen LogP contribution < -0.4 is 0 Å². The minimum Gasteiger partial charge on any atom is -0.399 e. The first-order valence-electron chi connectivity index (χ1n) is 3.57. The molecule has 0 N–H and O–H groups in total. The Bertz CT molecular complexity index is 232. The quantitative estimate of drug-likeness (QED) is 0.539. The second-order valence-electron chi connectivity index (χ2n) is 2.39. The van der Waals surface area contributed by atoms with E-state index in [4.69, 9.17) is 0 Å². The molecule has 0 amide bonds. The molecule has 96 valence electrons. The second-order valence-corrected chi connectivity index (χ2v) is 2.39. The van der Waals surface area contributed by atoms with Crippen LogP contribution in [-0.2, 0) is 14.3 Å². The SMILES string of the molecule is O=C(OC(F)F)C(F)OCC(F)(F)C(F)F. The van der Waals surface area contributed by atoms with E-state index < -0.39 is 37.9 Å². The number of esters is 1. The highest BCUT2D eigenvalue weighted by molar-refractivity contribution is 5.72. The summed E-state index contributed by atoms with van der Waals surface area (Å²) in [6.07, 6.45) is -7.41. The Morgan fingerprint density at radius 2 is 1.62 bits per heavy atom. The van der Waals surface area contributed by atoms with Crippen molar-refractivity contribution >= 4 is 5.97 Å². The Morgan fingerprint density at radius 1 is 1.12 bits per heavy atom. The Kier molecular flexibility index (Phi) is 5.48. The maximum absolute atomic E-state index is 12.3. The van der Waals surface area contributed by atoms with Crippen LogP contribution in [0.25, 0.3) is 0 Å². The van der Waals surface area contributed by atoms with E-state index in [-0.39, 0.29) is 0 Å². The highest BCUT2D eigenvalue weighted by Crippen LogP contribution is 2.23. The predicted octanol–water partition coefficient (Wildman–Crippen LogP) is 1.96. The van der Waals surface area contributed by atoms with Crippen LogP contribution >= 0.6 is 0 Å². The zero-order chi connectivity index (χ0) is 12.9. The van der Waals surface area contributed by atoms with Crippen molar-refractivity contribution in [2.24, 2.45) is 0 Å². The summed E-state index contributed by atoms with van der Waals surface area (Å²) in [7, 11) is 0. The number of hydrogen-bond acceptors (Lipinski definition) is 3. The van der Waals surface area contributed by atoms with Gasteiger partial charge in [-0.05, 0) is 0 Å². The van der Waals surface area contributed by atoms with Crippen molar-refractivity contribution < 1.29 is 45.0 Å². The van der Waals surface area contributed by atoms with Crippen molar-refractivity contribution in [3.05, 3.63) is 0 Å². The highest BCUT2D eigenvalue weighted by Gasteiger charge is 2.42. The minimum atomic E-state index is -4.69. The summed E-state index contributed by atoms with van der Waals surface area (Å²) in [6.45, 7) is -5.80. The molecule has 0 saturated heterocycles. The van der Waals surface area contributed by atoms with Gasteiger partial charge in [-0.1, -0.05) is 0 Å². The number of carbonyl (C=O) groups is 1. The Hall–Kier alpha value is -1.06. The normalized spacial score (nSPS) is 14.3. The predicted molar refractivity (Wildman–Crippen MR) is 33.9 cm³/mol. The number of hydrogen-bond donors (Lipinski definition) is 0. The summed E-state index contributed by atoms with van der Waals surface area (Å²) < 4.78 is 88.4. The zero-order valence-corrected chi connectivity index (χ0v) is 7.31. The topological polar surface area (TPSA) is 35.5 Å². The number of halogens is 7. The van der Waals surface area contributed by atoms with Crippen LogP contribution in [0.2, 0.25) is 0 Å². The number of carbonyl (C=O) groups excluding carboxylic acids is 1. The minimum absolute atomic E-state index is 2.13. The van der Waals surface area contributed by atoms with E-state index in [0.717, 1.165) is 0 Å². The third-order valence-corrected chi connectivity index (χ3v) is 1.13. The van der Waals surface area contributed by atoms with Gasteiger partial charge in [-0.25, -0.2) is 18.0 Å². The number of alkyl halides is 7. The summed E-state index contributed by atoms with van der Waals surface area (Å²) in [5, 5.41) is 0. The van der Waals surface area contributed by atoms with Crippen LogP contribution in [0.1, 0.15) is 0 Å².